The number of likely N-dealkylation sites (N-methyl/N-ethyl adjacent to an activating group) is 1. The number of carbonyl (C=O) groups excluding carboxylic acids is 1. The highest BCUT2D eigenvalue weighted by molar-refractivity contribution is 5.81. The van der Waals surface area contributed by atoms with Gasteiger partial charge in [-0.25, -0.2) is 0 Å². The van der Waals surface area contributed by atoms with E-state index in [0.717, 1.165) is 32.2 Å². The van der Waals surface area contributed by atoms with E-state index in [1.54, 1.807) is 4.90 Å². The Morgan fingerprint density at radius 2 is 2.11 bits per heavy atom. The lowest BCUT2D eigenvalue weighted by Gasteiger charge is -2.27. The van der Waals surface area contributed by atoms with Gasteiger partial charge in [0.15, 0.2) is 0 Å². The summed E-state index contributed by atoms with van der Waals surface area (Å²) in [5.74, 6) is 0.160. The summed E-state index contributed by atoms with van der Waals surface area (Å²) in [6.45, 7) is 4.58. The van der Waals surface area contributed by atoms with Gasteiger partial charge in [-0.2, -0.15) is 5.26 Å². The predicted molar refractivity (Wildman–Crippen MR) is 71.9 cm³/mol. The molecule has 102 valence electrons. The van der Waals surface area contributed by atoms with Crippen molar-refractivity contribution in [3.8, 4) is 6.07 Å². The first kappa shape index (κ1) is 15.0. The Morgan fingerprint density at radius 1 is 1.44 bits per heavy atom. The van der Waals surface area contributed by atoms with Crippen LogP contribution in [0.4, 0.5) is 0 Å². The van der Waals surface area contributed by atoms with E-state index in [0.29, 0.717) is 0 Å². The van der Waals surface area contributed by atoms with Crippen LogP contribution in [0, 0.1) is 17.2 Å². The summed E-state index contributed by atoms with van der Waals surface area (Å²) in [4.78, 5) is 13.7. The summed E-state index contributed by atoms with van der Waals surface area (Å²) in [6.07, 6.45) is 5.45. The van der Waals surface area contributed by atoms with E-state index < -0.39 is 0 Å². The van der Waals surface area contributed by atoms with Gasteiger partial charge in [-0.3, -0.25) is 4.79 Å². The second kappa shape index (κ2) is 7.38. The highest BCUT2D eigenvalue weighted by Crippen LogP contribution is 2.23. The summed E-state index contributed by atoms with van der Waals surface area (Å²) in [7, 11) is 1.81. The molecule has 1 aliphatic rings. The molecule has 1 fully saturated rings. The largest absolute Gasteiger partial charge is 0.345 e. The minimum absolute atomic E-state index is 0.0506. The van der Waals surface area contributed by atoms with E-state index in [2.05, 4.69) is 11.4 Å². The molecule has 0 saturated heterocycles. The molecule has 0 spiro atoms. The first-order valence-corrected chi connectivity index (χ1v) is 7.00. The Kier molecular flexibility index (Phi) is 6.14. The molecule has 4 heteroatoms. The number of nitrogens with zero attached hydrogens (tertiary/aromatic N) is 2. The van der Waals surface area contributed by atoms with Crippen molar-refractivity contribution in [3.05, 3.63) is 0 Å². The highest BCUT2D eigenvalue weighted by Gasteiger charge is 2.27. The summed E-state index contributed by atoms with van der Waals surface area (Å²) >= 11 is 0. The maximum absolute atomic E-state index is 12.0. The van der Waals surface area contributed by atoms with Crippen LogP contribution in [0.15, 0.2) is 0 Å². The van der Waals surface area contributed by atoms with Crippen molar-refractivity contribution >= 4 is 5.91 Å². The first-order valence-electron chi connectivity index (χ1n) is 7.00. The van der Waals surface area contributed by atoms with Crippen LogP contribution in [0.3, 0.4) is 0 Å². The number of carbonyl (C=O) groups is 1. The summed E-state index contributed by atoms with van der Waals surface area (Å²) in [5, 5.41) is 12.6. The molecule has 0 aliphatic heterocycles. The lowest BCUT2D eigenvalue weighted by atomic mass is 9.95. The zero-order valence-corrected chi connectivity index (χ0v) is 11.8. The molecule has 3 unspecified atom stereocenters. The number of amides is 1. The van der Waals surface area contributed by atoms with Gasteiger partial charge in [0, 0.05) is 19.6 Å². The molecule has 1 saturated carbocycles. The number of rotatable bonds is 4. The smallest absolute Gasteiger partial charge is 0.239 e. The third-order valence-electron chi connectivity index (χ3n) is 3.87. The predicted octanol–water partition coefficient (Wildman–Crippen LogP) is 1.92. The zero-order chi connectivity index (χ0) is 13.5. The van der Waals surface area contributed by atoms with E-state index in [-0.39, 0.29) is 23.9 Å². The van der Waals surface area contributed by atoms with Gasteiger partial charge >= 0.3 is 0 Å². The topological polar surface area (TPSA) is 56.1 Å². The summed E-state index contributed by atoms with van der Waals surface area (Å²) < 4.78 is 0. The second-order valence-corrected chi connectivity index (χ2v) is 5.22. The molecule has 18 heavy (non-hydrogen) atoms. The van der Waals surface area contributed by atoms with Gasteiger partial charge in [0.1, 0.15) is 0 Å². The van der Waals surface area contributed by atoms with Crippen LogP contribution < -0.4 is 5.32 Å². The standard InChI is InChI=1S/C14H25N3O/c1-4-17(3)14(18)11(2)16-13-9-7-5-6-8-12(13)10-15/h11-13,16H,4-9H2,1-3H3. The van der Waals surface area contributed by atoms with Gasteiger partial charge < -0.3 is 10.2 Å². The molecule has 1 aliphatic carbocycles. The molecule has 4 nitrogen and oxygen atoms in total. The van der Waals surface area contributed by atoms with Crippen LogP contribution in [-0.2, 0) is 4.79 Å². The molecule has 0 aromatic rings. The van der Waals surface area contributed by atoms with E-state index in [1.807, 2.05) is 20.9 Å². The van der Waals surface area contributed by atoms with Crippen LogP contribution in [0.5, 0.6) is 0 Å². The maximum Gasteiger partial charge on any atom is 0.239 e. The normalized spacial score (nSPS) is 25.9. The Hall–Kier alpha value is -1.08. The fraction of sp³-hybridized carbons (Fsp3) is 0.857. The molecule has 1 amide bonds. The number of nitrogens with one attached hydrogen (secondary N) is 1. The third-order valence-corrected chi connectivity index (χ3v) is 3.87. The quantitative estimate of drug-likeness (QED) is 0.777. The Balaban J connectivity index is 2.58. The molecule has 1 N–H and O–H groups in total. The minimum Gasteiger partial charge on any atom is -0.345 e. The average Bonchev–Trinajstić information content (AvgIpc) is 2.61. The first-order chi connectivity index (χ1) is 8.60. The second-order valence-electron chi connectivity index (χ2n) is 5.22. The maximum atomic E-state index is 12.0. The fourth-order valence-corrected chi connectivity index (χ4v) is 2.54. The SMILES string of the molecule is CCN(C)C(=O)C(C)NC1CCCCCC1C#N. The molecular weight excluding hydrogens is 226 g/mol. The van der Waals surface area contributed by atoms with Gasteiger partial charge in [-0.15, -0.1) is 0 Å². The van der Waals surface area contributed by atoms with Gasteiger partial charge in [0.05, 0.1) is 18.0 Å². The lowest BCUT2D eigenvalue weighted by molar-refractivity contribution is -0.131. The van der Waals surface area contributed by atoms with Crippen LogP contribution in [-0.4, -0.2) is 36.5 Å². The molecule has 3 atom stereocenters. The van der Waals surface area contributed by atoms with Crippen molar-refractivity contribution in [1.29, 1.82) is 5.26 Å². The van der Waals surface area contributed by atoms with Crippen LogP contribution in [0.25, 0.3) is 0 Å². The van der Waals surface area contributed by atoms with Crippen molar-refractivity contribution in [1.82, 2.24) is 10.2 Å². The molecular formula is C14H25N3O. The molecule has 0 aromatic carbocycles. The molecule has 0 heterocycles. The van der Waals surface area contributed by atoms with Crippen molar-refractivity contribution in [3.63, 3.8) is 0 Å². The Bertz CT molecular complexity index is 311. The van der Waals surface area contributed by atoms with Gasteiger partial charge in [-0.1, -0.05) is 19.3 Å². The van der Waals surface area contributed by atoms with E-state index in [4.69, 9.17) is 0 Å². The molecule has 1 rings (SSSR count). The number of hydrogen-bond donors (Lipinski definition) is 1. The van der Waals surface area contributed by atoms with Crippen molar-refractivity contribution in [2.24, 2.45) is 5.92 Å². The monoisotopic (exact) mass is 251 g/mol. The number of nitriles is 1. The van der Waals surface area contributed by atoms with Crippen LogP contribution >= 0.6 is 0 Å². The molecule has 0 radical (unpaired) electrons. The van der Waals surface area contributed by atoms with Crippen molar-refractivity contribution in [2.45, 2.75) is 58.0 Å². The van der Waals surface area contributed by atoms with Crippen LogP contribution in [0.2, 0.25) is 0 Å². The average molecular weight is 251 g/mol. The fourth-order valence-electron chi connectivity index (χ4n) is 2.54. The van der Waals surface area contributed by atoms with Gasteiger partial charge in [0.2, 0.25) is 5.91 Å². The van der Waals surface area contributed by atoms with Crippen molar-refractivity contribution in [2.75, 3.05) is 13.6 Å². The zero-order valence-electron chi connectivity index (χ0n) is 11.8. The van der Waals surface area contributed by atoms with Crippen LogP contribution in [0.1, 0.15) is 46.0 Å². The highest BCUT2D eigenvalue weighted by atomic mass is 16.2. The third kappa shape index (κ3) is 3.99. The van der Waals surface area contributed by atoms with E-state index in [9.17, 15) is 10.1 Å². The van der Waals surface area contributed by atoms with E-state index in [1.165, 1.54) is 6.42 Å². The van der Waals surface area contributed by atoms with Gasteiger partial charge in [0.25, 0.3) is 0 Å². The molecule has 0 aromatic heterocycles. The summed E-state index contributed by atoms with van der Waals surface area (Å²) in [5.41, 5.74) is 0. The van der Waals surface area contributed by atoms with E-state index >= 15 is 0 Å². The summed E-state index contributed by atoms with van der Waals surface area (Å²) in [6, 6.07) is 2.36. The van der Waals surface area contributed by atoms with Gasteiger partial charge in [-0.05, 0) is 26.7 Å². The minimum atomic E-state index is -0.200. The molecule has 0 bridgehead atoms. The number of hydrogen-bond acceptors (Lipinski definition) is 3. The lowest BCUT2D eigenvalue weighted by Crippen LogP contribution is -2.49. The Labute approximate surface area is 110 Å². The van der Waals surface area contributed by atoms with Crippen molar-refractivity contribution < 1.29 is 4.79 Å². The Morgan fingerprint density at radius 3 is 2.72 bits per heavy atom.